The molecule has 0 aliphatic heterocycles. The average molecular weight is 320 g/mol. The van der Waals surface area contributed by atoms with E-state index in [1.54, 1.807) is 6.92 Å². The molecule has 6 nitrogen and oxygen atoms in total. The van der Waals surface area contributed by atoms with Crippen LogP contribution in [0.25, 0.3) is 0 Å². The van der Waals surface area contributed by atoms with Gasteiger partial charge < -0.3 is 24.7 Å². The van der Waals surface area contributed by atoms with Gasteiger partial charge in [0.15, 0.2) is 0 Å². The van der Waals surface area contributed by atoms with Crippen LogP contribution in [0.4, 0.5) is 0 Å². The molecule has 3 unspecified atom stereocenters. The van der Waals surface area contributed by atoms with E-state index in [2.05, 4.69) is 19.0 Å². The van der Waals surface area contributed by atoms with Crippen LogP contribution in [0, 0.1) is 0 Å². The van der Waals surface area contributed by atoms with E-state index in [0.29, 0.717) is 19.6 Å². The van der Waals surface area contributed by atoms with Crippen LogP contribution in [0.15, 0.2) is 0 Å². The van der Waals surface area contributed by atoms with Crippen LogP contribution in [-0.2, 0) is 0 Å². The Labute approximate surface area is 136 Å². The summed E-state index contributed by atoms with van der Waals surface area (Å²) in [5, 5.41) is 29.2. The first-order valence-electron chi connectivity index (χ1n) is 8.25. The lowest BCUT2D eigenvalue weighted by molar-refractivity contribution is -0.893. The molecule has 0 aromatic carbocycles. The smallest absolute Gasteiger partial charge is 0.104 e. The first-order valence-corrected chi connectivity index (χ1v) is 8.25. The first-order chi connectivity index (χ1) is 10.0. The Kier molecular flexibility index (Phi) is 10.4. The lowest BCUT2D eigenvalue weighted by Crippen LogP contribution is -2.47. The van der Waals surface area contributed by atoms with Gasteiger partial charge in [-0.2, -0.15) is 0 Å². The molecule has 134 valence electrons. The number of quaternary nitrogens is 1. The fraction of sp³-hybridized carbons (Fsp3) is 1.00. The van der Waals surface area contributed by atoms with Gasteiger partial charge in [0.1, 0.15) is 12.6 Å². The van der Waals surface area contributed by atoms with Crippen LogP contribution >= 0.6 is 0 Å². The van der Waals surface area contributed by atoms with E-state index in [4.69, 9.17) is 0 Å². The van der Waals surface area contributed by atoms with Crippen LogP contribution in [-0.4, -0.2) is 115 Å². The molecule has 0 amide bonds. The third-order valence-corrected chi connectivity index (χ3v) is 3.56. The lowest BCUT2D eigenvalue weighted by Gasteiger charge is -2.33. The molecule has 0 aromatic rings. The largest absolute Gasteiger partial charge is 0.392 e. The minimum Gasteiger partial charge on any atom is -0.392 e. The van der Waals surface area contributed by atoms with Gasteiger partial charge >= 0.3 is 0 Å². The molecule has 0 spiro atoms. The van der Waals surface area contributed by atoms with Gasteiger partial charge in [-0.05, 0) is 27.9 Å². The van der Waals surface area contributed by atoms with Crippen LogP contribution in [0.2, 0.25) is 0 Å². The van der Waals surface area contributed by atoms with Crippen molar-refractivity contribution in [3.05, 3.63) is 0 Å². The Bertz CT molecular complexity index is 284. The molecular weight excluding hydrogens is 282 g/mol. The average Bonchev–Trinajstić information content (AvgIpc) is 2.23. The van der Waals surface area contributed by atoms with Crippen LogP contribution in [0.5, 0.6) is 0 Å². The van der Waals surface area contributed by atoms with Crippen molar-refractivity contribution in [3.63, 3.8) is 0 Å². The van der Waals surface area contributed by atoms with Crippen molar-refractivity contribution in [1.29, 1.82) is 0 Å². The van der Waals surface area contributed by atoms with Crippen molar-refractivity contribution in [3.8, 4) is 0 Å². The topological polar surface area (TPSA) is 67.2 Å². The summed E-state index contributed by atoms with van der Waals surface area (Å²) in [5.74, 6) is 0. The molecule has 22 heavy (non-hydrogen) atoms. The maximum atomic E-state index is 10.1. The maximum Gasteiger partial charge on any atom is 0.104 e. The Hall–Kier alpha value is -0.240. The second-order valence-corrected chi connectivity index (χ2v) is 7.57. The molecule has 0 saturated carbocycles. The number of rotatable bonds is 12. The fourth-order valence-electron chi connectivity index (χ4n) is 2.94. The summed E-state index contributed by atoms with van der Waals surface area (Å²) in [6, 6.07) is 0. The Morgan fingerprint density at radius 2 is 1.50 bits per heavy atom. The number of aliphatic hydroxyl groups is 3. The van der Waals surface area contributed by atoms with Crippen LogP contribution < -0.4 is 0 Å². The molecule has 0 rings (SSSR count). The molecule has 6 heteroatoms. The third-order valence-electron chi connectivity index (χ3n) is 3.56. The summed E-state index contributed by atoms with van der Waals surface area (Å²) in [4.78, 5) is 4.09. The predicted octanol–water partition coefficient (Wildman–Crippen LogP) is -0.561. The predicted molar refractivity (Wildman–Crippen MR) is 90.8 cm³/mol. The van der Waals surface area contributed by atoms with Crippen molar-refractivity contribution >= 4 is 0 Å². The van der Waals surface area contributed by atoms with Gasteiger partial charge in [0.25, 0.3) is 0 Å². The van der Waals surface area contributed by atoms with Gasteiger partial charge in [-0.15, -0.1) is 0 Å². The zero-order valence-electron chi connectivity index (χ0n) is 15.4. The van der Waals surface area contributed by atoms with E-state index in [-0.39, 0.29) is 6.10 Å². The van der Waals surface area contributed by atoms with Crippen LogP contribution in [0.3, 0.4) is 0 Å². The highest BCUT2D eigenvalue weighted by Crippen LogP contribution is 2.05. The summed E-state index contributed by atoms with van der Waals surface area (Å²) in [7, 11) is 8.12. The summed E-state index contributed by atoms with van der Waals surface area (Å²) in [6.07, 6.45) is -0.132. The SMILES string of the molecule is CC(O)CN(CCC[N+](C)(C)CC(C)O)CC(O)CN(C)C. The van der Waals surface area contributed by atoms with Gasteiger partial charge in [0.05, 0.1) is 32.8 Å². The summed E-state index contributed by atoms with van der Waals surface area (Å²) < 4.78 is 0.778. The fourth-order valence-corrected chi connectivity index (χ4v) is 2.94. The minimum atomic E-state index is -0.409. The molecular formula is C16H38N3O3+. The van der Waals surface area contributed by atoms with Gasteiger partial charge in [0.2, 0.25) is 0 Å². The Morgan fingerprint density at radius 3 is 1.95 bits per heavy atom. The molecule has 0 heterocycles. The first kappa shape index (κ1) is 21.8. The third kappa shape index (κ3) is 12.3. The second kappa shape index (κ2) is 10.5. The number of hydrogen-bond donors (Lipinski definition) is 3. The van der Waals surface area contributed by atoms with E-state index in [0.717, 1.165) is 30.5 Å². The molecule has 3 atom stereocenters. The van der Waals surface area contributed by atoms with Crippen molar-refractivity contribution in [2.45, 2.75) is 38.6 Å². The summed E-state index contributed by atoms with van der Waals surface area (Å²) in [5.41, 5.74) is 0. The van der Waals surface area contributed by atoms with Crippen molar-refractivity contribution in [1.82, 2.24) is 9.80 Å². The molecule has 0 radical (unpaired) electrons. The highest BCUT2D eigenvalue weighted by molar-refractivity contribution is 4.69. The van der Waals surface area contributed by atoms with Gasteiger partial charge in [0, 0.05) is 32.6 Å². The van der Waals surface area contributed by atoms with Crippen molar-refractivity contribution in [2.24, 2.45) is 0 Å². The number of likely N-dealkylation sites (N-methyl/N-ethyl adjacent to an activating group) is 2. The number of nitrogens with zero attached hydrogens (tertiary/aromatic N) is 3. The molecule has 0 aliphatic rings. The van der Waals surface area contributed by atoms with E-state index >= 15 is 0 Å². The number of hydrogen-bond acceptors (Lipinski definition) is 5. The van der Waals surface area contributed by atoms with Crippen molar-refractivity contribution in [2.75, 3.05) is 67.5 Å². The maximum absolute atomic E-state index is 10.1. The molecule has 0 aliphatic carbocycles. The quantitative estimate of drug-likeness (QED) is 0.421. The van der Waals surface area contributed by atoms with E-state index < -0.39 is 12.2 Å². The standard InChI is InChI=1S/C16H38N3O3/c1-14(20)10-18(12-16(22)11-17(3)4)8-7-9-19(5,6)13-15(2)21/h14-16,20-22H,7-13H2,1-6H3/q+1. The zero-order valence-corrected chi connectivity index (χ0v) is 15.4. The Morgan fingerprint density at radius 1 is 0.909 bits per heavy atom. The van der Waals surface area contributed by atoms with Gasteiger partial charge in [-0.25, -0.2) is 0 Å². The van der Waals surface area contributed by atoms with Gasteiger partial charge in [-0.1, -0.05) is 0 Å². The molecule has 0 saturated heterocycles. The highest BCUT2D eigenvalue weighted by atomic mass is 16.3. The molecule has 0 fully saturated rings. The molecule has 0 aromatic heterocycles. The normalized spacial score (nSPS) is 17.0. The van der Waals surface area contributed by atoms with Crippen molar-refractivity contribution < 1.29 is 19.8 Å². The second-order valence-electron chi connectivity index (χ2n) is 7.57. The van der Waals surface area contributed by atoms with E-state index in [9.17, 15) is 15.3 Å². The van der Waals surface area contributed by atoms with Crippen LogP contribution in [0.1, 0.15) is 20.3 Å². The monoisotopic (exact) mass is 320 g/mol. The molecule has 0 bridgehead atoms. The van der Waals surface area contributed by atoms with E-state index in [1.165, 1.54) is 0 Å². The minimum absolute atomic E-state index is 0.300. The zero-order chi connectivity index (χ0) is 17.3. The van der Waals surface area contributed by atoms with Gasteiger partial charge in [-0.3, -0.25) is 4.90 Å². The Balaban J connectivity index is 4.30. The summed E-state index contributed by atoms with van der Waals surface area (Å²) in [6.45, 7) is 7.92. The lowest BCUT2D eigenvalue weighted by atomic mass is 10.2. The number of aliphatic hydroxyl groups excluding tert-OH is 3. The highest BCUT2D eigenvalue weighted by Gasteiger charge is 2.19. The van der Waals surface area contributed by atoms with E-state index in [1.807, 2.05) is 25.9 Å². The molecule has 3 N–H and O–H groups in total. The summed E-state index contributed by atoms with van der Waals surface area (Å²) >= 11 is 0.